The van der Waals surface area contributed by atoms with Gasteiger partial charge in [0.1, 0.15) is 6.61 Å². The zero-order valence-electron chi connectivity index (χ0n) is 15.6. The number of pyridine rings is 1. The number of nitrogens with zero attached hydrogens (tertiary/aromatic N) is 3. The third kappa shape index (κ3) is 4.22. The first-order chi connectivity index (χ1) is 13.6. The Hall–Kier alpha value is -2.74. The highest BCUT2D eigenvalue weighted by atomic mass is 32.2. The molecule has 2 aromatic heterocycles. The Morgan fingerprint density at radius 1 is 1.18 bits per heavy atom. The summed E-state index contributed by atoms with van der Waals surface area (Å²) in [5.41, 5.74) is 3.40. The molecule has 0 spiro atoms. The van der Waals surface area contributed by atoms with Crippen molar-refractivity contribution in [2.75, 3.05) is 10.5 Å². The van der Waals surface area contributed by atoms with E-state index in [4.69, 9.17) is 4.74 Å². The highest BCUT2D eigenvalue weighted by Crippen LogP contribution is 2.43. The minimum absolute atomic E-state index is 0.0129. The van der Waals surface area contributed by atoms with Gasteiger partial charge in [-0.05, 0) is 42.9 Å². The van der Waals surface area contributed by atoms with Crippen LogP contribution in [0.15, 0.2) is 42.7 Å². The Labute approximate surface area is 164 Å². The number of aromatic nitrogens is 3. The fourth-order valence-electron chi connectivity index (χ4n) is 3.08. The van der Waals surface area contributed by atoms with E-state index >= 15 is 0 Å². The number of benzene rings is 1. The van der Waals surface area contributed by atoms with E-state index in [-0.39, 0.29) is 24.1 Å². The molecule has 0 bridgehead atoms. The van der Waals surface area contributed by atoms with Gasteiger partial charge >= 0.3 is 0 Å². The number of hydrogen-bond acceptors (Lipinski definition) is 6. The Morgan fingerprint density at radius 3 is 2.75 bits per heavy atom. The molecule has 1 N–H and O–H groups in total. The molecule has 0 saturated heterocycles. The van der Waals surface area contributed by atoms with Crippen molar-refractivity contribution >= 4 is 26.9 Å². The van der Waals surface area contributed by atoms with E-state index in [2.05, 4.69) is 19.7 Å². The Morgan fingerprint density at radius 2 is 2.04 bits per heavy atom. The molecule has 8 heteroatoms. The lowest BCUT2D eigenvalue weighted by Crippen LogP contribution is -2.18. The second-order valence-corrected chi connectivity index (χ2v) is 8.78. The van der Waals surface area contributed by atoms with Crippen molar-refractivity contribution in [2.45, 2.75) is 38.7 Å². The van der Waals surface area contributed by atoms with E-state index in [1.807, 2.05) is 37.3 Å². The van der Waals surface area contributed by atoms with Crippen LogP contribution in [0.4, 0.5) is 5.82 Å². The van der Waals surface area contributed by atoms with Crippen molar-refractivity contribution < 1.29 is 13.2 Å². The number of anilines is 1. The largest absolute Gasteiger partial charge is 0.470 e. The van der Waals surface area contributed by atoms with Gasteiger partial charge in [0.05, 0.1) is 16.8 Å². The number of hydrogen-bond donors (Lipinski definition) is 1. The molecule has 0 radical (unpaired) electrons. The highest BCUT2D eigenvalue weighted by Gasteiger charge is 2.27. The van der Waals surface area contributed by atoms with Crippen LogP contribution in [0, 0.1) is 0 Å². The van der Waals surface area contributed by atoms with Crippen molar-refractivity contribution in [2.24, 2.45) is 0 Å². The number of sulfonamides is 1. The summed E-state index contributed by atoms with van der Waals surface area (Å²) in [6.07, 6.45) is 6.13. The van der Waals surface area contributed by atoms with Gasteiger partial charge in [-0.2, -0.15) is 0 Å². The summed E-state index contributed by atoms with van der Waals surface area (Å²) in [5, 5.41) is 0. The minimum atomic E-state index is -3.52. The van der Waals surface area contributed by atoms with Crippen LogP contribution in [-0.4, -0.2) is 29.1 Å². The average Bonchev–Trinajstić information content (AvgIpc) is 3.51. The number of nitrogens with one attached hydrogen (secondary N) is 1. The van der Waals surface area contributed by atoms with Crippen molar-refractivity contribution in [3.8, 4) is 5.88 Å². The van der Waals surface area contributed by atoms with Crippen LogP contribution < -0.4 is 9.46 Å². The van der Waals surface area contributed by atoms with Crippen molar-refractivity contribution in [1.82, 2.24) is 15.0 Å². The van der Waals surface area contributed by atoms with Gasteiger partial charge in [-0.1, -0.05) is 25.1 Å². The van der Waals surface area contributed by atoms with Crippen LogP contribution in [0.25, 0.3) is 11.0 Å². The van der Waals surface area contributed by atoms with E-state index in [0.29, 0.717) is 17.9 Å². The molecule has 1 aromatic carbocycles. The number of fused-ring (bicyclic) bond motifs is 1. The van der Waals surface area contributed by atoms with Crippen LogP contribution in [0.1, 0.15) is 43.2 Å². The predicted octanol–water partition coefficient (Wildman–Crippen LogP) is 3.63. The van der Waals surface area contributed by atoms with Gasteiger partial charge in [-0.3, -0.25) is 9.71 Å². The molecular formula is C20H22N4O3S. The molecular weight excluding hydrogens is 376 g/mol. The summed E-state index contributed by atoms with van der Waals surface area (Å²) < 4.78 is 33.1. The van der Waals surface area contributed by atoms with E-state index < -0.39 is 10.0 Å². The van der Waals surface area contributed by atoms with Crippen LogP contribution in [0.5, 0.6) is 5.88 Å². The van der Waals surface area contributed by atoms with E-state index in [9.17, 15) is 8.42 Å². The molecule has 1 aliphatic rings. The predicted molar refractivity (Wildman–Crippen MR) is 108 cm³/mol. The molecule has 7 nitrogen and oxygen atoms in total. The van der Waals surface area contributed by atoms with Crippen molar-refractivity contribution in [3.05, 3.63) is 53.9 Å². The van der Waals surface area contributed by atoms with Gasteiger partial charge in [0.15, 0.2) is 0 Å². The first-order valence-corrected chi connectivity index (χ1v) is 11.0. The average molecular weight is 398 g/mol. The molecule has 4 rings (SSSR count). The minimum Gasteiger partial charge on any atom is -0.470 e. The van der Waals surface area contributed by atoms with Gasteiger partial charge in [0, 0.05) is 18.0 Å². The highest BCUT2D eigenvalue weighted by molar-refractivity contribution is 7.92. The molecule has 2 heterocycles. The van der Waals surface area contributed by atoms with Gasteiger partial charge in [0.2, 0.25) is 15.8 Å². The molecule has 1 fully saturated rings. The van der Waals surface area contributed by atoms with Crippen LogP contribution in [0.2, 0.25) is 0 Å². The molecule has 1 saturated carbocycles. The van der Waals surface area contributed by atoms with Crippen LogP contribution in [-0.2, 0) is 16.6 Å². The first-order valence-electron chi connectivity index (χ1n) is 9.38. The SMILES string of the molecule is CCCS(=O)(=O)Nc1nc2c(C3CC3)cccc2nc1OCc1cccnc1. The fraction of sp³-hybridized carbons (Fsp3) is 0.350. The van der Waals surface area contributed by atoms with Crippen molar-refractivity contribution in [1.29, 1.82) is 0 Å². The second kappa shape index (κ2) is 7.71. The standard InChI is InChI=1S/C20H22N4O3S/c1-2-11-28(25,26)24-19-20(27-13-14-5-4-10-21-12-14)22-17-7-3-6-16(15-8-9-15)18(17)23-19/h3-7,10,12,15H,2,8-9,11,13H2,1H3,(H,23,24). The summed E-state index contributed by atoms with van der Waals surface area (Å²) in [6, 6.07) is 9.56. The normalized spacial score (nSPS) is 14.2. The Kier molecular flexibility index (Phi) is 5.13. The number of para-hydroxylation sites is 1. The topological polar surface area (TPSA) is 94.1 Å². The quantitative estimate of drug-likeness (QED) is 0.623. The molecule has 3 aromatic rings. The summed E-state index contributed by atoms with van der Waals surface area (Å²) in [5.74, 6) is 0.793. The van der Waals surface area contributed by atoms with Crippen LogP contribution >= 0.6 is 0 Å². The monoisotopic (exact) mass is 398 g/mol. The number of rotatable bonds is 8. The van der Waals surface area contributed by atoms with Gasteiger partial charge in [-0.15, -0.1) is 0 Å². The number of ether oxygens (including phenoxy) is 1. The van der Waals surface area contributed by atoms with E-state index in [1.165, 1.54) is 0 Å². The molecule has 146 valence electrons. The molecule has 1 aliphatic carbocycles. The summed E-state index contributed by atoms with van der Waals surface area (Å²) in [6.45, 7) is 2.04. The Bertz CT molecular complexity index is 1080. The maximum absolute atomic E-state index is 12.3. The fourth-order valence-corrected chi connectivity index (χ4v) is 4.14. The Balaban J connectivity index is 1.73. The van der Waals surface area contributed by atoms with Crippen LogP contribution in [0.3, 0.4) is 0 Å². The molecule has 0 amide bonds. The summed E-state index contributed by atoms with van der Waals surface area (Å²) in [4.78, 5) is 13.3. The molecule has 0 aliphatic heterocycles. The lowest BCUT2D eigenvalue weighted by atomic mass is 10.1. The maximum atomic E-state index is 12.3. The third-order valence-electron chi connectivity index (χ3n) is 4.53. The summed E-state index contributed by atoms with van der Waals surface area (Å²) >= 11 is 0. The van der Waals surface area contributed by atoms with Gasteiger partial charge in [-0.25, -0.2) is 18.4 Å². The molecule has 0 unspecified atom stereocenters. The van der Waals surface area contributed by atoms with Gasteiger partial charge < -0.3 is 4.74 Å². The molecule has 0 atom stereocenters. The summed E-state index contributed by atoms with van der Waals surface area (Å²) in [7, 11) is -3.52. The maximum Gasteiger partial charge on any atom is 0.259 e. The molecule has 28 heavy (non-hydrogen) atoms. The van der Waals surface area contributed by atoms with E-state index in [0.717, 1.165) is 29.5 Å². The van der Waals surface area contributed by atoms with Gasteiger partial charge in [0.25, 0.3) is 5.88 Å². The third-order valence-corrected chi connectivity index (χ3v) is 5.98. The smallest absolute Gasteiger partial charge is 0.259 e. The first kappa shape index (κ1) is 18.6. The zero-order valence-corrected chi connectivity index (χ0v) is 16.4. The lowest BCUT2D eigenvalue weighted by Gasteiger charge is -2.14. The van der Waals surface area contributed by atoms with E-state index in [1.54, 1.807) is 12.4 Å². The second-order valence-electron chi connectivity index (χ2n) is 6.94. The lowest BCUT2D eigenvalue weighted by molar-refractivity contribution is 0.295. The van der Waals surface area contributed by atoms with Crippen molar-refractivity contribution in [3.63, 3.8) is 0 Å². The zero-order chi connectivity index (χ0) is 19.6.